The lowest BCUT2D eigenvalue weighted by atomic mass is 10.0. The number of nitrogens with zero attached hydrogens (tertiary/aromatic N) is 1. The number of H-pyrrole nitrogens is 1. The minimum absolute atomic E-state index is 0.302. The third-order valence-corrected chi connectivity index (χ3v) is 3.29. The summed E-state index contributed by atoms with van der Waals surface area (Å²) < 4.78 is 6.39. The molecule has 1 aliphatic rings. The molecule has 1 saturated heterocycles. The molecule has 2 rings (SSSR count). The van der Waals surface area contributed by atoms with E-state index in [4.69, 9.17) is 9.84 Å². The normalized spacial score (nSPS) is 30.7. The van der Waals surface area contributed by atoms with Crippen LogP contribution in [0.15, 0.2) is 15.8 Å². The van der Waals surface area contributed by atoms with Crippen molar-refractivity contribution in [1.29, 1.82) is 0 Å². The van der Waals surface area contributed by atoms with Gasteiger partial charge in [0, 0.05) is 11.8 Å². The van der Waals surface area contributed by atoms with E-state index in [0.717, 1.165) is 4.57 Å². The smallest absolute Gasteiger partial charge is 0.328 e. The van der Waals surface area contributed by atoms with E-state index < -0.39 is 48.8 Å². The summed E-state index contributed by atoms with van der Waals surface area (Å²) in [7, 11) is 0. The molecule has 8 nitrogen and oxygen atoms in total. The number of aryl methyl sites for hydroxylation is 1. The molecule has 0 spiro atoms. The first-order chi connectivity index (χ1) is 8.99. The second-order valence-electron chi connectivity index (χ2n) is 4.54. The molecule has 0 bridgehead atoms. The molecule has 19 heavy (non-hydrogen) atoms. The average Bonchev–Trinajstić information content (AvgIpc) is 2.70. The Morgan fingerprint density at radius 3 is 2.53 bits per heavy atom. The first-order valence-corrected chi connectivity index (χ1v) is 5.87. The Balaban J connectivity index is 2.47. The van der Waals surface area contributed by atoms with E-state index in [9.17, 15) is 19.8 Å². The fraction of sp³-hybridized carbons (Fsp3) is 0.636. The number of hydrogen-bond acceptors (Lipinski definition) is 6. The largest absolute Gasteiger partial charge is 0.394 e. The van der Waals surface area contributed by atoms with Gasteiger partial charge >= 0.3 is 5.69 Å². The number of aromatic amines is 1. The SMILES string of the molecule is Cc1cn([C@@H]2[C@@H](O)[C@@H](CO)O[C@@H]2CO)c(=O)[nH]c1=O. The van der Waals surface area contributed by atoms with Gasteiger partial charge in [-0.3, -0.25) is 14.3 Å². The maximum atomic E-state index is 11.8. The molecule has 0 radical (unpaired) electrons. The lowest BCUT2D eigenvalue weighted by Gasteiger charge is -2.21. The van der Waals surface area contributed by atoms with Crippen LogP contribution in [0.4, 0.5) is 0 Å². The monoisotopic (exact) mass is 272 g/mol. The predicted molar refractivity (Wildman–Crippen MR) is 63.9 cm³/mol. The van der Waals surface area contributed by atoms with Crippen molar-refractivity contribution < 1.29 is 20.1 Å². The van der Waals surface area contributed by atoms with Gasteiger partial charge < -0.3 is 20.1 Å². The summed E-state index contributed by atoms with van der Waals surface area (Å²) in [6, 6.07) is -0.856. The molecule has 4 atom stereocenters. The number of nitrogens with one attached hydrogen (secondary N) is 1. The highest BCUT2D eigenvalue weighted by Crippen LogP contribution is 2.29. The van der Waals surface area contributed by atoms with E-state index >= 15 is 0 Å². The fourth-order valence-corrected chi connectivity index (χ4v) is 2.28. The lowest BCUT2D eigenvalue weighted by Crippen LogP contribution is -2.41. The summed E-state index contributed by atoms with van der Waals surface area (Å²) in [5, 5.41) is 28.3. The number of hydrogen-bond donors (Lipinski definition) is 4. The quantitative estimate of drug-likeness (QED) is 0.482. The van der Waals surface area contributed by atoms with Crippen LogP contribution < -0.4 is 11.2 Å². The summed E-state index contributed by atoms with van der Waals surface area (Å²) in [6.45, 7) is 0.683. The number of aliphatic hydroxyl groups is 3. The summed E-state index contributed by atoms with van der Waals surface area (Å²) in [5.74, 6) is 0. The fourth-order valence-electron chi connectivity index (χ4n) is 2.28. The van der Waals surface area contributed by atoms with Gasteiger partial charge in [0.05, 0.1) is 19.3 Å². The van der Waals surface area contributed by atoms with Crippen molar-refractivity contribution in [3.8, 4) is 0 Å². The van der Waals surface area contributed by atoms with Crippen LogP contribution in [0.1, 0.15) is 11.6 Å². The Kier molecular flexibility index (Phi) is 3.85. The van der Waals surface area contributed by atoms with Crippen molar-refractivity contribution in [2.45, 2.75) is 31.3 Å². The molecule has 1 aliphatic heterocycles. The highest BCUT2D eigenvalue weighted by molar-refractivity contribution is 5.05. The average molecular weight is 272 g/mol. The van der Waals surface area contributed by atoms with Crippen LogP contribution in [0.5, 0.6) is 0 Å². The molecule has 1 fully saturated rings. The molecule has 8 heteroatoms. The molecule has 106 valence electrons. The second kappa shape index (κ2) is 5.25. The van der Waals surface area contributed by atoms with Crippen LogP contribution in [0.3, 0.4) is 0 Å². The lowest BCUT2D eigenvalue weighted by molar-refractivity contribution is -0.0362. The Bertz CT molecular complexity index is 563. The zero-order chi connectivity index (χ0) is 14.2. The maximum Gasteiger partial charge on any atom is 0.328 e. The summed E-state index contributed by atoms with van der Waals surface area (Å²) in [6.07, 6.45) is -1.54. The first kappa shape index (κ1) is 13.9. The molecule has 1 aromatic rings. The van der Waals surface area contributed by atoms with Crippen molar-refractivity contribution in [2.24, 2.45) is 0 Å². The summed E-state index contributed by atoms with van der Waals surface area (Å²) >= 11 is 0. The molecular formula is C11H16N2O6. The first-order valence-electron chi connectivity index (χ1n) is 5.87. The van der Waals surface area contributed by atoms with Gasteiger partial charge in [-0.2, -0.15) is 0 Å². The number of aromatic nitrogens is 2. The van der Waals surface area contributed by atoms with E-state index in [1.54, 1.807) is 0 Å². The van der Waals surface area contributed by atoms with Crippen molar-refractivity contribution in [3.63, 3.8) is 0 Å². The van der Waals surface area contributed by atoms with E-state index in [2.05, 4.69) is 4.98 Å². The Hall–Kier alpha value is -1.48. The maximum absolute atomic E-state index is 11.8. The van der Waals surface area contributed by atoms with Crippen molar-refractivity contribution in [2.75, 3.05) is 13.2 Å². The number of aliphatic hydroxyl groups excluding tert-OH is 3. The van der Waals surface area contributed by atoms with Gasteiger partial charge in [-0.15, -0.1) is 0 Å². The van der Waals surface area contributed by atoms with Gasteiger partial charge in [0.1, 0.15) is 18.3 Å². The van der Waals surface area contributed by atoms with Crippen molar-refractivity contribution in [3.05, 3.63) is 32.6 Å². The predicted octanol–water partition coefficient (Wildman–Crippen LogP) is -2.50. The number of ether oxygens (including phenoxy) is 1. The minimum atomic E-state index is -1.15. The summed E-state index contributed by atoms with van der Waals surface area (Å²) in [5.41, 5.74) is -0.898. The zero-order valence-electron chi connectivity index (χ0n) is 10.3. The summed E-state index contributed by atoms with van der Waals surface area (Å²) in [4.78, 5) is 25.2. The molecule has 0 saturated carbocycles. The van der Waals surface area contributed by atoms with Gasteiger partial charge in [0.15, 0.2) is 0 Å². The topological polar surface area (TPSA) is 125 Å². The van der Waals surface area contributed by atoms with Gasteiger partial charge in [0.25, 0.3) is 5.56 Å². The van der Waals surface area contributed by atoms with Gasteiger partial charge in [-0.05, 0) is 6.92 Å². The van der Waals surface area contributed by atoms with Crippen LogP contribution >= 0.6 is 0 Å². The Morgan fingerprint density at radius 2 is 1.95 bits per heavy atom. The van der Waals surface area contributed by atoms with Crippen LogP contribution in [0.2, 0.25) is 0 Å². The standard InChI is InChI=1S/C11H16N2O6/c1-5-2-13(11(18)12-10(5)17)8-6(3-14)19-7(4-15)9(8)16/h2,6-9,14-16H,3-4H2,1H3,(H,12,17,18)/t6-,7-,8+,9+/m1/s1. The highest BCUT2D eigenvalue weighted by Gasteiger charge is 2.44. The zero-order valence-corrected chi connectivity index (χ0v) is 10.3. The molecule has 0 aliphatic carbocycles. The van der Waals surface area contributed by atoms with Crippen LogP contribution in [0.25, 0.3) is 0 Å². The molecular weight excluding hydrogens is 256 g/mol. The molecule has 2 heterocycles. The second-order valence-corrected chi connectivity index (χ2v) is 4.54. The molecule has 0 aromatic carbocycles. The van der Waals surface area contributed by atoms with E-state index in [-0.39, 0.29) is 0 Å². The molecule has 0 unspecified atom stereocenters. The van der Waals surface area contributed by atoms with Crippen LogP contribution in [-0.4, -0.2) is 56.4 Å². The molecule has 4 N–H and O–H groups in total. The van der Waals surface area contributed by atoms with Crippen molar-refractivity contribution in [1.82, 2.24) is 9.55 Å². The number of rotatable bonds is 3. The van der Waals surface area contributed by atoms with Crippen molar-refractivity contribution >= 4 is 0 Å². The Labute approximate surface area is 107 Å². The minimum Gasteiger partial charge on any atom is -0.394 e. The Morgan fingerprint density at radius 1 is 1.32 bits per heavy atom. The third kappa shape index (κ3) is 2.35. The van der Waals surface area contributed by atoms with Crippen LogP contribution in [0, 0.1) is 6.92 Å². The third-order valence-electron chi connectivity index (χ3n) is 3.29. The van der Waals surface area contributed by atoms with E-state index in [1.807, 2.05) is 0 Å². The highest BCUT2D eigenvalue weighted by atomic mass is 16.5. The van der Waals surface area contributed by atoms with Gasteiger partial charge in [-0.25, -0.2) is 4.79 Å². The van der Waals surface area contributed by atoms with Gasteiger partial charge in [-0.1, -0.05) is 0 Å². The van der Waals surface area contributed by atoms with Gasteiger partial charge in [0.2, 0.25) is 0 Å². The van der Waals surface area contributed by atoms with E-state index in [0.29, 0.717) is 5.56 Å². The molecule has 0 amide bonds. The van der Waals surface area contributed by atoms with E-state index in [1.165, 1.54) is 13.1 Å². The van der Waals surface area contributed by atoms with Crippen LogP contribution in [-0.2, 0) is 4.74 Å². The molecule has 1 aromatic heterocycles.